The van der Waals surface area contributed by atoms with E-state index in [2.05, 4.69) is 41.1 Å². The van der Waals surface area contributed by atoms with Crippen LogP contribution in [0.3, 0.4) is 0 Å². The Bertz CT molecular complexity index is 853. The third-order valence-electron chi connectivity index (χ3n) is 5.17. The van der Waals surface area contributed by atoms with Crippen molar-refractivity contribution in [1.82, 2.24) is 15.1 Å². The van der Waals surface area contributed by atoms with Crippen LogP contribution in [0.4, 0.5) is 0 Å². The number of aromatic nitrogens is 2. The molecule has 1 saturated heterocycles. The number of hydrogen-bond acceptors (Lipinski definition) is 5. The first-order chi connectivity index (χ1) is 13.2. The molecule has 0 aliphatic carbocycles. The highest BCUT2D eigenvalue weighted by Gasteiger charge is 2.27. The topological polar surface area (TPSA) is 51.4 Å². The van der Waals surface area contributed by atoms with Crippen molar-refractivity contribution in [2.45, 2.75) is 38.8 Å². The fourth-order valence-electron chi connectivity index (χ4n) is 3.44. The van der Waals surface area contributed by atoms with Crippen molar-refractivity contribution in [2.75, 3.05) is 13.1 Å². The Morgan fingerprint density at radius 1 is 1.00 bits per heavy atom. The molecule has 2 aromatic carbocycles. The summed E-state index contributed by atoms with van der Waals surface area (Å²) in [6.07, 6.45) is 2.26. The largest absolute Gasteiger partial charge is 0.490 e. The summed E-state index contributed by atoms with van der Waals surface area (Å²) in [4.78, 5) is 2.39. The van der Waals surface area contributed by atoms with Crippen molar-refractivity contribution in [3.63, 3.8) is 0 Å². The lowest BCUT2D eigenvalue weighted by Gasteiger charge is -2.34. The van der Waals surface area contributed by atoms with E-state index >= 15 is 0 Å². The SMILES string of the molecule is Cc1ccc(-c2nnc(C(C)N3CCC(Oc4ccccc4)CC3)o2)cc1. The Kier molecular flexibility index (Phi) is 5.21. The van der Waals surface area contributed by atoms with Crippen molar-refractivity contribution in [1.29, 1.82) is 0 Å². The molecule has 1 aliphatic rings. The van der Waals surface area contributed by atoms with Crippen LogP contribution < -0.4 is 4.74 Å². The van der Waals surface area contributed by atoms with Gasteiger partial charge < -0.3 is 9.15 Å². The molecule has 1 atom stereocenters. The summed E-state index contributed by atoms with van der Waals surface area (Å²) in [6.45, 7) is 6.11. The maximum atomic E-state index is 6.08. The molecule has 4 rings (SSSR count). The van der Waals surface area contributed by atoms with Gasteiger partial charge in [0.25, 0.3) is 0 Å². The fraction of sp³-hybridized carbons (Fsp3) is 0.364. The van der Waals surface area contributed by atoms with Gasteiger partial charge >= 0.3 is 0 Å². The van der Waals surface area contributed by atoms with Crippen LogP contribution in [-0.2, 0) is 0 Å². The molecule has 0 amide bonds. The lowest BCUT2D eigenvalue weighted by Crippen LogP contribution is -2.39. The number of likely N-dealkylation sites (tertiary alicyclic amines) is 1. The molecule has 2 heterocycles. The second-order valence-electron chi connectivity index (χ2n) is 7.15. The highest BCUT2D eigenvalue weighted by Crippen LogP contribution is 2.27. The van der Waals surface area contributed by atoms with E-state index in [1.807, 2.05) is 42.5 Å². The molecule has 27 heavy (non-hydrogen) atoms. The number of benzene rings is 2. The number of aryl methyl sites for hydroxylation is 1. The summed E-state index contributed by atoms with van der Waals surface area (Å²) in [5.41, 5.74) is 2.17. The average Bonchev–Trinajstić information content (AvgIpc) is 3.20. The Morgan fingerprint density at radius 2 is 1.70 bits per heavy atom. The summed E-state index contributed by atoms with van der Waals surface area (Å²) >= 11 is 0. The Balaban J connectivity index is 1.35. The molecule has 0 N–H and O–H groups in total. The van der Waals surface area contributed by atoms with Gasteiger partial charge in [0.1, 0.15) is 11.9 Å². The van der Waals surface area contributed by atoms with Crippen molar-refractivity contribution in [2.24, 2.45) is 0 Å². The lowest BCUT2D eigenvalue weighted by atomic mass is 10.1. The number of ether oxygens (including phenoxy) is 1. The third kappa shape index (κ3) is 4.19. The van der Waals surface area contributed by atoms with Gasteiger partial charge in [0.2, 0.25) is 11.8 Å². The molecule has 5 heteroatoms. The Labute approximate surface area is 160 Å². The second-order valence-corrected chi connectivity index (χ2v) is 7.15. The number of rotatable bonds is 5. The van der Waals surface area contributed by atoms with Crippen LogP contribution in [0.5, 0.6) is 5.75 Å². The van der Waals surface area contributed by atoms with Gasteiger partial charge in [-0.25, -0.2) is 0 Å². The molecule has 140 valence electrons. The monoisotopic (exact) mass is 363 g/mol. The zero-order valence-electron chi connectivity index (χ0n) is 15.8. The van der Waals surface area contributed by atoms with Crippen LogP contribution in [0.2, 0.25) is 0 Å². The number of hydrogen-bond donors (Lipinski definition) is 0. The molecule has 1 aromatic heterocycles. The fourth-order valence-corrected chi connectivity index (χ4v) is 3.44. The molecule has 0 spiro atoms. The van der Waals surface area contributed by atoms with Crippen LogP contribution in [0.25, 0.3) is 11.5 Å². The minimum atomic E-state index is 0.106. The first kappa shape index (κ1) is 17.7. The summed E-state index contributed by atoms with van der Waals surface area (Å²) < 4.78 is 12.0. The van der Waals surface area contributed by atoms with Gasteiger partial charge in [-0.3, -0.25) is 4.90 Å². The number of piperidine rings is 1. The van der Waals surface area contributed by atoms with Gasteiger partial charge in [0.05, 0.1) is 6.04 Å². The molecule has 3 aromatic rings. The smallest absolute Gasteiger partial charge is 0.247 e. The summed E-state index contributed by atoms with van der Waals surface area (Å²) in [7, 11) is 0. The van der Waals surface area contributed by atoms with Crippen molar-refractivity contribution in [3.8, 4) is 17.2 Å². The molecular weight excluding hydrogens is 338 g/mol. The minimum Gasteiger partial charge on any atom is -0.490 e. The standard InChI is InChI=1S/C22H25N3O2/c1-16-8-10-18(11-9-16)22-24-23-21(27-22)17(2)25-14-12-20(13-15-25)26-19-6-4-3-5-7-19/h3-11,17,20H,12-15H2,1-2H3. The van der Waals surface area contributed by atoms with Crippen molar-refractivity contribution >= 4 is 0 Å². The van der Waals surface area contributed by atoms with E-state index in [1.54, 1.807) is 0 Å². The van der Waals surface area contributed by atoms with E-state index in [0.717, 1.165) is 37.2 Å². The van der Waals surface area contributed by atoms with E-state index in [0.29, 0.717) is 11.8 Å². The van der Waals surface area contributed by atoms with E-state index < -0.39 is 0 Å². The number of para-hydroxylation sites is 1. The number of nitrogens with zero attached hydrogens (tertiary/aromatic N) is 3. The Hall–Kier alpha value is -2.66. The van der Waals surface area contributed by atoms with Gasteiger partial charge in [-0.2, -0.15) is 0 Å². The minimum absolute atomic E-state index is 0.106. The predicted octanol–water partition coefficient (Wildman–Crippen LogP) is 4.65. The third-order valence-corrected chi connectivity index (χ3v) is 5.17. The maximum absolute atomic E-state index is 6.08. The van der Waals surface area contributed by atoms with Gasteiger partial charge in [-0.15, -0.1) is 10.2 Å². The summed E-state index contributed by atoms with van der Waals surface area (Å²) in [6, 6.07) is 18.3. The quantitative estimate of drug-likeness (QED) is 0.660. The molecule has 1 aliphatic heterocycles. The van der Waals surface area contributed by atoms with Gasteiger partial charge in [0, 0.05) is 18.7 Å². The zero-order chi connectivity index (χ0) is 18.6. The van der Waals surface area contributed by atoms with Crippen molar-refractivity contribution in [3.05, 3.63) is 66.1 Å². The zero-order valence-corrected chi connectivity index (χ0v) is 15.8. The molecular formula is C22H25N3O2. The van der Waals surface area contributed by atoms with Crippen LogP contribution >= 0.6 is 0 Å². The molecule has 1 fully saturated rings. The molecule has 0 bridgehead atoms. The Morgan fingerprint density at radius 3 is 2.41 bits per heavy atom. The van der Waals surface area contributed by atoms with E-state index in [-0.39, 0.29) is 12.1 Å². The van der Waals surface area contributed by atoms with Gasteiger partial charge in [0.15, 0.2) is 0 Å². The maximum Gasteiger partial charge on any atom is 0.247 e. The first-order valence-corrected chi connectivity index (χ1v) is 9.55. The van der Waals surface area contributed by atoms with Crippen molar-refractivity contribution < 1.29 is 9.15 Å². The average molecular weight is 363 g/mol. The van der Waals surface area contributed by atoms with Crippen LogP contribution in [0.15, 0.2) is 59.0 Å². The van der Waals surface area contributed by atoms with Gasteiger partial charge in [-0.1, -0.05) is 35.9 Å². The summed E-state index contributed by atoms with van der Waals surface area (Å²) in [5.74, 6) is 2.20. The van der Waals surface area contributed by atoms with Crippen LogP contribution in [-0.4, -0.2) is 34.3 Å². The van der Waals surface area contributed by atoms with Crippen LogP contribution in [0.1, 0.15) is 37.3 Å². The normalized spacial score (nSPS) is 17.0. The second kappa shape index (κ2) is 7.92. The molecule has 5 nitrogen and oxygen atoms in total. The molecule has 0 saturated carbocycles. The predicted molar refractivity (Wildman–Crippen MR) is 105 cm³/mol. The highest BCUT2D eigenvalue weighted by molar-refractivity contribution is 5.52. The molecule has 0 radical (unpaired) electrons. The van der Waals surface area contributed by atoms with E-state index in [1.165, 1.54) is 5.56 Å². The summed E-state index contributed by atoms with van der Waals surface area (Å²) in [5, 5.41) is 8.52. The molecule has 1 unspecified atom stereocenters. The van der Waals surface area contributed by atoms with E-state index in [4.69, 9.17) is 9.15 Å². The van der Waals surface area contributed by atoms with Gasteiger partial charge in [-0.05, 0) is 51.0 Å². The van der Waals surface area contributed by atoms with Crippen LogP contribution in [0, 0.1) is 6.92 Å². The first-order valence-electron chi connectivity index (χ1n) is 9.55. The van der Waals surface area contributed by atoms with E-state index in [9.17, 15) is 0 Å². The lowest BCUT2D eigenvalue weighted by molar-refractivity contribution is 0.0722. The highest BCUT2D eigenvalue weighted by atomic mass is 16.5.